The van der Waals surface area contributed by atoms with Gasteiger partial charge in [0.1, 0.15) is 11.9 Å². The van der Waals surface area contributed by atoms with Gasteiger partial charge in [-0.25, -0.2) is 4.79 Å². The van der Waals surface area contributed by atoms with Crippen LogP contribution in [0, 0.1) is 11.3 Å². The fourth-order valence-corrected chi connectivity index (χ4v) is 7.38. The summed E-state index contributed by atoms with van der Waals surface area (Å²) < 4.78 is 12.2. The summed E-state index contributed by atoms with van der Waals surface area (Å²) in [5.41, 5.74) is 0.0655. The van der Waals surface area contributed by atoms with Gasteiger partial charge in [0.2, 0.25) is 0 Å². The quantitative estimate of drug-likeness (QED) is 0.129. The van der Waals surface area contributed by atoms with Crippen molar-refractivity contribution in [1.29, 1.82) is 0 Å². The van der Waals surface area contributed by atoms with E-state index in [1.807, 2.05) is 0 Å². The van der Waals surface area contributed by atoms with E-state index in [1.54, 1.807) is 0 Å². The number of fused-ring (bicyclic) bond motifs is 1. The molecule has 214 valence electrons. The Morgan fingerprint density at radius 2 is 1.27 bits per heavy atom. The molecule has 4 heteroatoms. The molecule has 4 atom stereocenters. The minimum absolute atomic E-state index is 0.0364. The molecule has 2 heterocycles. The summed E-state index contributed by atoms with van der Waals surface area (Å²) in [6, 6.07) is 0. The van der Waals surface area contributed by atoms with E-state index in [0.29, 0.717) is 0 Å². The van der Waals surface area contributed by atoms with E-state index in [-0.39, 0.29) is 28.8 Å². The zero-order chi connectivity index (χ0) is 26.4. The van der Waals surface area contributed by atoms with Crippen LogP contribution in [0.4, 0.5) is 0 Å². The topological polar surface area (TPSA) is 55.8 Å². The second-order valence-corrected chi connectivity index (χ2v) is 12.6. The monoisotopic (exact) mass is 518 g/mol. The zero-order valence-corrected chi connectivity index (χ0v) is 24.4. The van der Waals surface area contributed by atoms with Crippen molar-refractivity contribution in [2.24, 2.45) is 11.3 Å². The molecule has 2 fully saturated rings. The van der Waals surface area contributed by atoms with Gasteiger partial charge in [0, 0.05) is 11.8 Å². The van der Waals surface area contributed by atoms with E-state index in [0.717, 1.165) is 25.9 Å². The zero-order valence-electron chi connectivity index (χ0n) is 24.4. The highest BCUT2D eigenvalue weighted by Crippen LogP contribution is 2.60. The number of carbonyl (C=O) groups excluding carboxylic acids is 1. The van der Waals surface area contributed by atoms with Crippen LogP contribution in [-0.4, -0.2) is 29.4 Å². The maximum absolute atomic E-state index is 12.0. The van der Waals surface area contributed by atoms with E-state index in [9.17, 15) is 9.90 Å². The number of aliphatic hydroxyl groups excluding tert-OH is 1. The maximum Gasteiger partial charge on any atom is 0.334 e. The summed E-state index contributed by atoms with van der Waals surface area (Å²) in [6.07, 6.45) is 30.6. The Balaban J connectivity index is 1.47. The van der Waals surface area contributed by atoms with Crippen molar-refractivity contribution >= 4 is 5.97 Å². The first-order chi connectivity index (χ1) is 18.1. The van der Waals surface area contributed by atoms with Crippen LogP contribution in [0.2, 0.25) is 0 Å². The van der Waals surface area contributed by atoms with Crippen molar-refractivity contribution in [3.8, 4) is 0 Å². The van der Waals surface area contributed by atoms with E-state index >= 15 is 0 Å². The van der Waals surface area contributed by atoms with Crippen molar-refractivity contribution in [2.75, 3.05) is 6.61 Å². The first-order valence-electron chi connectivity index (χ1n) is 16.3. The third kappa shape index (κ3) is 8.73. The molecule has 0 aromatic heterocycles. The third-order valence-electron chi connectivity index (χ3n) is 9.86. The lowest BCUT2D eigenvalue weighted by molar-refractivity contribution is -0.301. The SMILES string of the molecule is CCCCCCCCCCCCC1(CCCCCCCCCC)COC12CCC1C(O)=CC(=O)OC1C2. The highest BCUT2D eigenvalue weighted by Gasteiger charge is 2.63. The van der Waals surface area contributed by atoms with E-state index in [1.165, 1.54) is 134 Å². The smallest absolute Gasteiger partial charge is 0.334 e. The Morgan fingerprint density at radius 1 is 0.784 bits per heavy atom. The van der Waals surface area contributed by atoms with Crippen molar-refractivity contribution in [3.05, 3.63) is 11.8 Å². The number of aliphatic hydroxyl groups is 1. The van der Waals surface area contributed by atoms with Gasteiger partial charge >= 0.3 is 5.97 Å². The van der Waals surface area contributed by atoms with Gasteiger partial charge in [-0.15, -0.1) is 0 Å². The molecule has 0 aromatic carbocycles. The molecule has 3 aliphatic rings. The summed E-state index contributed by atoms with van der Waals surface area (Å²) in [5, 5.41) is 10.4. The number of hydrogen-bond donors (Lipinski definition) is 1. The molecule has 0 radical (unpaired) electrons. The summed E-state index contributed by atoms with van der Waals surface area (Å²) in [7, 11) is 0. The van der Waals surface area contributed by atoms with Crippen LogP contribution in [-0.2, 0) is 14.3 Å². The van der Waals surface area contributed by atoms with Crippen molar-refractivity contribution < 1.29 is 19.4 Å². The second kappa shape index (κ2) is 16.2. The molecule has 1 N–H and O–H groups in total. The Morgan fingerprint density at radius 3 is 1.73 bits per heavy atom. The number of ether oxygens (including phenoxy) is 2. The average Bonchev–Trinajstić information content (AvgIpc) is 2.88. The second-order valence-electron chi connectivity index (χ2n) is 12.6. The van der Waals surface area contributed by atoms with Gasteiger partial charge in [0.15, 0.2) is 0 Å². The molecule has 0 bridgehead atoms. The summed E-state index contributed by atoms with van der Waals surface area (Å²) in [4.78, 5) is 12.0. The van der Waals surface area contributed by atoms with Crippen molar-refractivity contribution in [3.63, 3.8) is 0 Å². The van der Waals surface area contributed by atoms with E-state index < -0.39 is 5.97 Å². The summed E-state index contributed by atoms with van der Waals surface area (Å²) in [6.45, 7) is 5.44. The minimum atomic E-state index is -0.390. The minimum Gasteiger partial charge on any atom is -0.512 e. The summed E-state index contributed by atoms with van der Waals surface area (Å²) in [5.74, 6) is -0.206. The molecule has 0 amide bonds. The Hall–Kier alpha value is -1.03. The van der Waals surface area contributed by atoms with Crippen LogP contribution in [0.15, 0.2) is 11.8 Å². The van der Waals surface area contributed by atoms with Gasteiger partial charge in [0.25, 0.3) is 0 Å². The highest BCUT2D eigenvalue weighted by atomic mass is 16.6. The maximum atomic E-state index is 12.0. The van der Waals surface area contributed by atoms with E-state index in [4.69, 9.17) is 9.47 Å². The highest BCUT2D eigenvalue weighted by molar-refractivity contribution is 5.83. The molecule has 1 aliphatic carbocycles. The largest absolute Gasteiger partial charge is 0.512 e. The van der Waals surface area contributed by atoms with Gasteiger partial charge in [-0.05, 0) is 25.7 Å². The molecule has 2 aliphatic heterocycles. The average molecular weight is 519 g/mol. The lowest BCUT2D eigenvalue weighted by Gasteiger charge is -2.63. The first kappa shape index (κ1) is 30.5. The number of esters is 1. The molecule has 1 spiro atoms. The molecule has 4 unspecified atom stereocenters. The normalized spacial score (nSPS) is 29.0. The molecular weight excluding hydrogens is 460 g/mol. The van der Waals surface area contributed by atoms with Crippen LogP contribution < -0.4 is 0 Å². The van der Waals surface area contributed by atoms with Crippen LogP contribution in [0.5, 0.6) is 0 Å². The molecule has 4 nitrogen and oxygen atoms in total. The first-order valence-corrected chi connectivity index (χ1v) is 16.3. The molecule has 3 rings (SSSR count). The lowest BCUT2D eigenvalue weighted by atomic mass is 9.55. The van der Waals surface area contributed by atoms with Crippen LogP contribution in [0.25, 0.3) is 0 Å². The molecule has 1 saturated heterocycles. The number of rotatable bonds is 20. The summed E-state index contributed by atoms with van der Waals surface area (Å²) >= 11 is 0. The predicted molar refractivity (Wildman–Crippen MR) is 153 cm³/mol. The molecule has 0 aromatic rings. The number of hydrogen-bond acceptors (Lipinski definition) is 4. The van der Waals surface area contributed by atoms with E-state index in [2.05, 4.69) is 13.8 Å². The lowest BCUT2D eigenvalue weighted by Crippen LogP contribution is -2.66. The number of unbranched alkanes of at least 4 members (excludes halogenated alkanes) is 16. The Labute approximate surface area is 228 Å². The van der Waals surface area contributed by atoms with Crippen LogP contribution in [0.3, 0.4) is 0 Å². The van der Waals surface area contributed by atoms with Crippen molar-refractivity contribution in [1.82, 2.24) is 0 Å². The van der Waals surface area contributed by atoms with Gasteiger partial charge in [-0.1, -0.05) is 129 Å². The number of carbonyl (C=O) groups is 1. The third-order valence-corrected chi connectivity index (χ3v) is 9.86. The standard InChI is InChI=1S/C33H58O4/c1-3-5-7-9-11-13-14-16-18-20-23-32(22-19-17-15-12-10-8-6-4-2)27-36-33(32)24-21-28-29(34)25-31(35)37-30(28)26-33/h25,28,30,34H,3-24,26-27H2,1-2H3. The van der Waals surface area contributed by atoms with Crippen LogP contribution in [0.1, 0.15) is 162 Å². The van der Waals surface area contributed by atoms with Crippen LogP contribution >= 0.6 is 0 Å². The molecular formula is C33H58O4. The Kier molecular flexibility index (Phi) is 13.3. The van der Waals surface area contributed by atoms with Gasteiger partial charge in [-0.2, -0.15) is 0 Å². The van der Waals surface area contributed by atoms with Gasteiger partial charge in [-0.3, -0.25) is 0 Å². The van der Waals surface area contributed by atoms with Gasteiger partial charge in [0.05, 0.1) is 24.2 Å². The van der Waals surface area contributed by atoms with Crippen molar-refractivity contribution in [2.45, 2.75) is 173 Å². The fourth-order valence-electron chi connectivity index (χ4n) is 7.38. The predicted octanol–water partition coefficient (Wildman–Crippen LogP) is 9.75. The fraction of sp³-hybridized carbons (Fsp3) is 0.909. The van der Waals surface area contributed by atoms with Gasteiger partial charge < -0.3 is 14.6 Å². The molecule has 1 saturated carbocycles. The Bertz CT molecular complexity index is 688. The molecule has 37 heavy (non-hydrogen) atoms.